The van der Waals surface area contributed by atoms with Gasteiger partial charge in [-0.15, -0.1) is 0 Å². The minimum absolute atomic E-state index is 0.180. The maximum Gasteiger partial charge on any atom is 0.268 e. The maximum atomic E-state index is 13.0. The highest BCUT2D eigenvalue weighted by Crippen LogP contribution is 2.33. The molecule has 6 heteroatoms. The molecule has 0 aliphatic heterocycles. The first-order valence-electron chi connectivity index (χ1n) is 8.59. The number of thiazole rings is 1. The van der Waals surface area contributed by atoms with Crippen LogP contribution in [0.5, 0.6) is 0 Å². The molecule has 0 fully saturated rings. The SMILES string of the molecule is Cc1ccc(NC(=O)c2sc(/N=C/N(C)C)nc2-c2ccccc2)cc1C. The van der Waals surface area contributed by atoms with Gasteiger partial charge in [0, 0.05) is 25.3 Å². The van der Waals surface area contributed by atoms with Gasteiger partial charge < -0.3 is 10.2 Å². The average Bonchev–Trinajstić information content (AvgIpc) is 3.08. The van der Waals surface area contributed by atoms with Crippen molar-refractivity contribution < 1.29 is 4.79 Å². The number of nitrogens with one attached hydrogen (secondary N) is 1. The van der Waals surface area contributed by atoms with Crippen LogP contribution in [0, 0.1) is 13.8 Å². The minimum atomic E-state index is -0.180. The molecule has 0 unspecified atom stereocenters. The smallest absolute Gasteiger partial charge is 0.268 e. The summed E-state index contributed by atoms with van der Waals surface area (Å²) in [5.74, 6) is -0.180. The first-order valence-corrected chi connectivity index (χ1v) is 9.41. The lowest BCUT2D eigenvalue weighted by Crippen LogP contribution is -2.11. The van der Waals surface area contributed by atoms with Gasteiger partial charge in [0.05, 0.1) is 12.0 Å². The summed E-state index contributed by atoms with van der Waals surface area (Å²) in [6.45, 7) is 4.08. The van der Waals surface area contributed by atoms with E-state index in [4.69, 9.17) is 0 Å². The Balaban J connectivity index is 1.96. The fourth-order valence-corrected chi connectivity index (χ4v) is 3.30. The van der Waals surface area contributed by atoms with Gasteiger partial charge in [0.1, 0.15) is 4.88 Å². The summed E-state index contributed by atoms with van der Waals surface area (Å²) in [6.07, 6.45) is 1.68. The topological polar surface area (TPSA) is 57.6 Å². The van der Waals surface area contributed by atoms with Crippen molar-refractivity contribution in [2.45, 2.75) is 13.8 Å². The number of carbonyl (C=O) groups is 1. The van der Waals surface area contributed by atoms with E-state index in [1.165, 1.54) is 16.9 Å². The van der Waals surface area contributed by atoms with Crippen LogP contribution in [-0.4, -0.2) is 36.2 Å². The number of hydrogen-bond donors (Lipinski definition) is 1. The van der Waals surface area contributed by atoms with Crippen LogP contribution in [0.4, 0.5) is 10.8 Å². The molecule has 1 N–H and O–H groups in total. The first-order chi connectivity index (χ1) is 12.9. The van der Waals surface area contributed by atoms with Crippen LogP contribution in [0.3, 0.4) is 0 Å². The molecule has 0 radical (unpaired) electrons. The Morgan fingerprint density at radius 3 is 2.52 bits per heavy atom. The van der Waals surface area contributed by atoms with Crippen LogP contribution < -0.4 is 5.32 Å². The summed E-state index contributed by atoms with van der Waals surface area (Å²) in [5.41, 5.74) is 4.64. The van der Waals surface area contributed by atoms with E-state index in [2.05, 4.69) is 15.3 Å². The van der Waals surface area contributed by atoms with Gasteiger partial charge in [-0.05, 0) is 37.1 Å². The summed E-state index contributed by atoms with van der Waals surface area (Å²) in [6, 6.07) is 15.6. The van der Waals surface area contributed by atoms with Crippen LogP contribution in [-0.2, 0) is 0 Å². The van der Waals surface area contributed by atoms with Gasteiger partial charge in [-0.25, -0.2) is 9.98 Å². The number of benzene rings is 2. The second-order valence-electron chi connectivity index (χ2n) is 6.50. The zero-order chi connectivity index (χ0) is 19.4. The maximum absolute atomic E-state index is 13.0. The molecule has 0 aliphatic rings. The van der Waals surface area contributed by atoms with Crippen molar-refractivity contribution >= 4 is 34.4 Å². The van der Waals surface area contributed by atoms with Crippen molar-refractivity contribution in [2.24, 2.45) is 4.99 Å². The van der Waals surface area contributed by atoms with Crippen molar-refractivity contribution in [3.8, 4) is 11.3 Å². The molecular formula is C21H22N4OS. The van der Waals surface area contributed by atoms with Gasteiger partial charge in [0.25, 0.3) is 5.91 Å². The molecule has 1 aromatic heterocycles. The van der Waals surface area contributed by atoms with Gasteiger partial charge in [0.15, 0.2) is 0 Å². The normalized spacial score (nSPS) is 11.0. The van der Waals surface area contributed by atoms with E-state index in [9.17, 15) is 4.79 Å². The quantitative estimate of drug-likeness (QED) is 0.507. The van der Waals surface area contributed by atoms with Crippen molar-refractivity contribution in [3.05, 3.63) is 64.5 Å². The van der Waals surface area contributed by atoms with E-state index in [1.54, 1.807) is 6.34 Å². The Bertz CT molecular complexity index is 977. The number of rotatable bonds is 5. The molecule has 5 nitrogen and oxygen atoms in total. The monoisotopic (exact) mass is 378 g/mol. The van der Waals surface area contributed by atoms with Crippen molar-refractivity contribution in [2.75, 3.05) is 19.4 Å². The Morgan fingerprint density at radius 1 is 1.11 bits per heavy atom. The fourth-order valence-electron chi connectivity index (χ4n) is 2.48. The molecule has 1 heterocycles. The molecule has 0 saturated carbocycles. The molecule has 27 heavy (non-hydrogen) atoms. The molecule has 0 bridgehead atoms. The van der Waals surface area contributed by atoms with Crippen LogP contribution in [0.2, 0.25) is 0 Å². The summed E-state index contributed by atoms with van der Waals surface area (Å²) in [4.78, 5) is 24.3. The predicted molar refractivity (Wildman–Crippen MR) is 113 cm³/mol. The lowest BCUT2D eigenvalue weighted by Gasteiger charge is -2.07. The molecule has 0 saturated heterocycles. The second-order valence-corrected chi connectivity index (χ2v) is 7.48. The third-order valence-electron chi connectivity index (χ3n) is 4.03. The van der Waals surface area contributed by atoms with Crippen molar-refractivity contribution in [1.29, 1.82) is 0 Å². The Morgan fingerprint density at radius 2 is 1.85 bits per heavy atom. The van der Waals surface area contributed by atoms with Crippen molar-refractivity contribution in [3.63, 3.8) is 0 Å². The molecule has 2 aromatic carbocycles. The number of aliphatic imine (C=N–C) groups is 1. The minimum Gasteiger partial charge on any atom is -0.369 e. The number of anilines is 1. The third kappa shape index (κ3) is 4.60. The van der Waals surface area contributed by atoms with E-state index in [-0.39, 0.29) is 5.91 Å². The number of hydrogen-bond acceptors (Lipinski definition) is 4. The number of aromatic nitrogens is 1. The molecule has 0 aliphatic carbocycles. The van der Waals surface area contributed by atoms with Gasteiger partial charge in [-0.2, -0.15) is 0 Å². The number of aryl methyl sites for hydroxylation is 2. The Hall–Kier alpha value is -2.99. The molecule has 3 aromatic rings. The number of nitrogens with zero attached hydrogens (tertiary/aromatic N) is 3. The Kier molecular flexibility index (Phi) is 5.66. The fraction of sp³-hybridized carbons (Fsp3) is 0.190. The Labute approximate surface area is 163 Å². The molecule has 0 atom stereocenters. The summed E-state index contributed by atoms with van der Waals surface area (Å²) < 4.78 is 0. The van der Waals surface area contributed by atoms with Crippen LogP contribution in [0.1, 0.15) is 20.8 Å². The highest BCUT2D eigenvalue weighted by Gasteiger charge is 2.19. The highest BCUT2D eigenvalue weighted by atomic mass is 32.1. The standard InChI is InChI=1S/C21H22N4OS/c1-14-10-11-17(12-15(14)2)23-20(26)19-18(16-8-6-5-7-9-16)24-21(27-19)22-13-25(3)4/h5-13H,1-4H3,(H,23,26)/b22-13+. The van der Waals surface area contributed by atoms with Gasteiger partial charge in [-0.1, -0.05) is 47.7 Å². The van der Waals surface area contributed by atoms with Crippen LogP contribution in [0.25, 0.3) is 11.3 Å². The van der Waals surface area contributed by atoms with E-state index in [0.29, 0.717) is 15.7 Å². The average molecular weight is 379 g/mol. The highest BCUT2D eigenvalue weighted by molar-refractivity contribution is 7.17. The largest absolute Gasteiger partial charge is 0.369 e. The molecule has 0 spiro atoms. The van der Waals surface area contributed by atoms with E-state index in [0.717, 1.165) is 16.8 Å². The molecule has 138 valence electrons. The summed E-state index contributed by atoms with van der Waals surface area (Å²) in [5, 5.41) is 3.53. The summed E-state index contributed by atoms with van der Waals surface area (Å²) >= 11 is 1.28. The summed E-state index contributed by atoms with van der Waals surface area (Å²) in [7, 11) is 3.78. The third-order valence-corrected chi connectivity index (χ3v) is 5.00. The van der Waals surface area contributed by atoms with Gasteiger partial charge in [-0.3, -0.25) is 4.79 Å². The van der Waals surface area contributed by atoms with E-state index < -0.39 is 0 Å². The molecule has 3 rings (SSSR count). The lowest BCUT2D eigenvalue weighted by molar-refractivity contribution is 0.103. The van der Waals surface area contributed by atoms with Crippen LogP contribution in [0.15, 0.2) is 53.5 Å². The molecule has 1 amide bonds. The number of carbonyl (C=O) groups excluding carboxylic acids is 1. The van der Waals surface area contributed by atoms with E-state index in [1.807, 2.05) is 81.4 Å². The van der Waals surface area contributed by atoms with Gasteiger partial charge in [0.2, 0.25) is 5.13 Å². The second kappa shape index (κ2) is 8.14. The molecular weight excluding hydrogens is 356 g/mol. The van der Waals surface area contributed by atoms with Crippen molar-refractivity contribution in [1.82, 2.24) is 9.88 Å². The van der Waals surface area contributed by atoms with E-state index >= 15 is 0 Å². The zero-order valence-electron chi connectivity index (χ0n) is 15.9. The zero-order valence-corrected chi connectivity index (χ0v) is 16.7. The van der Waals surface area contributed by atoms with Gasteiger partial charge >= 0.3 is 0 Å². The predicted octanol–water partition coefficient (Wildman–Crippen LogP) is 4.90. The van der Waals surface area contributed by atoms with Crippen LogP contribution >= 0.6 is 11.3 Å². The first kappa shape index (κ1) is 18.8. The number of amides is 1. The lowest BCUT2D eigenvalue weighted by atomic mass is 10.1.